The van der Waals surface area contributed by atoms with Crippen LogP contribution in [0.2, 0.25) is 0 Å². The Morgan fingerprint density at radius 1 is 0.964 bits per heavy atom. The van der Waals surface area contributed by atoms with Crippen LogP contribution in [-0.2, 0) is 0 Å². The highest BCUT2D eigenvalue weighted by Crippen LogP contribution is 2.25. The Morgan fingerprint density at radius 3 is 2.43 bits per heavy atom. The van der Waals surface area contributed by atoms with Crippen molar-refractivity contribution in [2.24, 2.45) is 0 Å². The number of carbonyl (C=O) groups excluding carboxylic acids is 1. The van der Waals surface area contributed by atoms with Crippen LogP contribution in [0.1, 0.15) is 16.8 Å². The minimum Gasteiger partial charge on any atom is -0.497 e. The zero-order chi connectivity index (χ0) is 19.5. The molecular formula is C23H29N3O2. The number of hydrogen-bond donors (Lipinski definition) is 0. The highest BCUT2D eigenvalue weighted by atomic mass is 16.5. The van der Waals surface area contributed by atoms with Crippen molar-refractivity contribution >= 4 is 5.91 Å². The standard InChI is InChI=1S/C23H29N3O2/c1-24-12-14-25(15-13-24)21-10-11-26(17-21)23(27)19-8-6-18(7-9-19)20-4-3-5-22(16-20)28-2/h3-9,16,21H,10-15,17H2,1-2H3. The second kappa shape index (κ2) is 8.33. The highest BCUT2D eigenvalue weighted by molar-refractivity contribution is 5.95. The quantitative estimate of drug-likeness (QED) is 0.819. The fourth-order valence-electron chi connectivity index (χ4n) is 4.20. The van der Waals surface area contributed by atoms with E-state index in [0.717, 1.165) is 68.1 Å². The molecule has 0 bridgehead atoms. The summed E-state index contributed by atoms with van der Waals surface area (Å²) in [7, 11) is 3.85. The Hall–Kier alpha value is -2.37. The maximum absolute atomic E-state index is 13.0. The van der Waals surface area contributed by atoms with Gasteiger partial charge in [-0.05, 0) is 48.9 Å². The van der Waals surface area contributed by atoms with Crippen molar-refractivity contribution in [3.63, 3.8) is 0 Å². The van der Waals surface area contributed by atoms with E-state index in [2.05, 4.69) is 22.9 Å². The Morgan fingerprint density at radius 2 is 1.71 bits per heavy atom. The van der Waals surface area contributed by atoms with Gasteiger partial charge in [0, 0.05) is 50.9 Å². The van der Waals surface area contributed by atoms with Crippen LogP contribution in [0.3, 0.4) is 0 Å². The molecule has 148 valence electrons. The summed E-state index contributed by atoms with van der Waals surface area (Å²) < 4.78 is 5.30. The molecule has 5 heteroatoms. The predicted molar refractivity (Wildman–Crippen MR) is 112 cm³/mol. The number of carbonyl (C=O) groups is 1. The number of piperazine rings is 1. The van der Waals surface area contributed by atoms with Gasteiger partial charge in [0.1, 0.15) is 5.75 Å². The average molecular weight is 380 g/mol. The minimum atomic E-state index is 0.147. The third-order valence-corrected chi connectivity index (χ3v) is 6.04. The van der Waals surface area contributed by atoms with E-state index in [1.54, 1.807) is 7.11 Å². The molecule has 2 aromatic carbocycles. The first-order chi connectivity index (χ1) is 13.6. The lowest BCUT2D eigenvalue weighted by molar-refractivity contribution is 0.0755. The maximum Gasteiger partial charge on any atom is 0.253 e. The molecule has 2 heterocycles. The van der Waals surface area contributed by atoms with E-state index < -0.39 is 0 Å². The van der Waals surface area contributed by atoms with Gasteiger partial charge in [-0.3, -0.25) is 9.69 Å². The molecule has 28 heavy (non-hydrogen) atoms. The maximum atomic E-state index is 13.0. The highest BCUT2D eigenvalue weighted by Gasteiger charge is 2.31. The molecule has 1 amide bonds. The molecule has 2 aliphatic heterocycles. The fraction of sp³-hybridized carbons (Fsp3) is 0.435. The molecule has 1 atom stereocenters. The molecule has 0 aliphatic carbocycles. The van der Waals surface area contributed by atoms with Gasteiger partial charge < -0.3 is 14.5 Å². The van der Waals surface area contributed by atoms with Gasteiger partial charge >= 0.3 is 0 Å². The zero-order valence-electron chi connectivity index (χ0n) is 16.8. The first kappa shape index (κ1) is 19.0. The van der Waals surface area contributed by atoms with E-state index in [0.29, 0.717) is 6.04 Å². The van der Waals surface area contributed by atoms with E-state index in [4.69, 9.17) is 4.74 Å². The van der Waals surface area contributed by atoms with Crippen LogP contribution in [0, 0.1) is 0 Å². The molecule has 5 nitrogen and oxygen atoms in total. The number of likely N-dealkylation sites (tertiary alicyclic amines) is 1. The third-order valence-electron chi connectivity index (χ3n) is 6.04. The number of likely N-dealkylation sites (N-methyl/N-ethyl adjacent to an activating group) is 1. The predicted octanol–water partition coefficient (Wildman–Crippen LogP) is 2.82. The minimum absolute atomic E-state index is 0.147. The van der Waals surface area contributed by atoms with Gasteiger partial charge in [-0.1, -0.05) is 24.3 Å². The van der Waals surface area contributed by atoms with Crippen LogP contribution in [0.15, 0.2) is 48.5 Å². The van der Waals surface area contributed by atoms with Crippen molar-refractivity contribution in [1.29, 1.82) is 0 Å². The van der Waals surface area contributed by atoms with Crippen molar-refractivity contribution in [3.05, 3.63) is 54.1 Å². The van der Waals surface area contributed by atoms with Gasteiger partial charge in [-0.15, -0.1) is 0 Å². The first-order valence-corrected chi connectivity index (χ1v) is 10.1. The smallest absolute Gasteiger partial charge is 0.253 e. The number of amides is 1. The number of nitrogens with zero attached hydrogens (tertiary/aromatic N) is 3. The molecule has 4 rings (SSSR count). The summed E-state index contributed by atoms with van der Waals surface area (Å²) in [5, 5.41) is 0. The van der Waals surface area contributed by atoms with Gasteiger partial charge in [0.2, 0.25) is 0 Å². The van der Waals surface area contributed by atoms with Crippen molar-refractivity contribution in [2.45, 2.75) is 12.5 Å². The largest absolute Gasteiger partial charge is 0.497 e. The van der Waals surface area contributed by atoms with E-state index >= 15 is 0 Å². The number of rotatable bonds is 4. The van der Waals surface area contributed by atoms with Crippen LogP contribution in [-0.4, -0.2) is 80.1 Å². The summed E-state index contributed by atoms with van der Waals surface area (Å²) in [5.74, 6) is 0.985. The van der Waals surface area contributed by atoms with Crippen molar-refractivity contribution in [2.75, 3.05) is 53.4 Å². The molecule has 2 saturated heterocycles. The van der Waals surface area contributed by atoms with Crippen molar-refractivity contribution in [1.82, 2.24) is 14.7 Å². The van der Waals surface area contributed by atoms with Gasteiger partial charge in [-0.2, -0.15) is 0 Å². The molecule has 1 unspecified atom stereocenters. The van der Waals surface area contributed by atoms with Gasteiger partial charge in [-0.25, -0.2) is 0 Å². The normalized spacial score (nSPS) is 21.1. The molecule has 2 fully saturated rings. The molecule has 0 aromatic heterocycles. The molecule has 2 aromatic rings. The summed E-state index contributed by atoms with van der Waals surface area (Å²) >= 11 is 0. The lowest BCUT2D eigenvalue weighted by Gasteiger charge is -2.36. The summed E-state index contributed by atoms with van der Waals surface area (Å²) in [4.78, 5) is 19.9. The van der Waals surface area contributed by atoms with Gasteiger partial charge in [0.25, 0.3) is 5.91 Å². The van der Waals surface area contributed by atoms with Crippen molar-refractivity contribution < 1.29 is 9.53 Å². The van der Waals surface area contributed by atoms with Crippen LogP contribution >= 0.6 is 0 Å². The van der Waals surface area contributed by atoms with Crippen molar-refractivity contribution in [3.8, 4) is 16.9 Å². The van der Waals surface area contributed by atoms with Gasteiger partial charge in [0.05, 0.1) is 7.11 Å². The third kappa shape index (κ3) is 4.05. The number of hydrogen-bond acceptors (Lipinski definition) is 4. The average Bonchev–Trinajstić information content (AvgIpc) is 3.24. The molecule has 2 aliphatic rings. The Labute approximate surface area is 167 Å². The van der Waals surface area contributed by atoms with Crippen LogP contribution < -0.4 is 4.74 Å². The fourth-order valence-corrected chi connectivity index (χ4v) is 4.20. The SMILES string of the molecule is COc1cccc(-c2ccc(C(=O)N3CCC(N4CCN(C)CC4)C3)cc2)c1. The molecule has 0 N–H and O–H groups in total. The van der Waals surface area contributed by atoms with E-state index in [1.807, 2.05) is 47.4 Å². The second-order valence-electron chi connectivity index (χ2n) is 7.84. The summed E-state index contributed by atoms with van der Waals surface area (Å²) in [6, 6.07) is 16.4. The molecule has 0 radical (unpaired) electrons. The van der Waals surface area contributed by atoms with Crippen LogP contribution in [0.4, 0.5) is 0 Å². The molecule has 0 spiro atoms. The Bertz CT molecular complexity index is 813. The van der Waals surface area contributed by atoms with Crippen LogP contribution in [0.25, 0.3) is 11.1 Å². The second-order valence-corrected chi connectivity index (χ2v) is 7.84. The first-order valence-electron chi connectivity index (χ1n) is 10.1. The molecule has 0 saturated carbocycles. The lowest BCUT2D eigenvalue weighted by Crippen LogP contribution is -2.50. The number of ether oxygens (including phenoxy) is 1. The van der Waals surface area contributed by atoms with E-state index in [-0.39, 0.29) is 5.91 Å². The van der Waals surface area contributed by atoms with E-state index in [1.165, 1.54) is 0 Å². The van der Waals surface area contributed by atoms with Crippen LogP contribution in [0.5, 0.6) is 5.75 Å². The Kier molecular flexibility index (Phi) is 5.64. The van der Waals surface area contributed by atoms with Gasteiger partial charge in [0.15, 0.2) is 0 Å². The monoisotopic (exact) mass is 379 g/mol. The summed E-state index contributed by atoms with van der Waals surface area (Å²) in [5.41, 5.74) is 2.95. The van der Waals surface area contributed by atoms with E-state index in [9.17, 15) is 4.79 Å². The lowest BCUT2D eigenvalue weighted by atomic mass is 10.0. The number of methoxy groups -OCH3 is 1. The summed E-state index contributed by atoms with van der Waals surface area (Å²) in [6.45, 7) is 6.16. The molecular weight excluding hydrogens is 350 g/mol. The Balaban J connectivity index is 1.40. The number of benzene rings is 2. The topological polar surface area (TPSA) is 36.0 Å². The zero-order valence-corrected chi connectivity index (χ0v) is 16.8. The summed E-state index contributed by atoms with van der Waals surface area (Å²) in [6.07, 6.45) is 1.08.